The molecule has 1 aromatic carbocycles. The van der Waals surface area contributed by atoms with E-state index in [2.05, 4.69) is 17.3 Å². The van der Waals surface area contributed by atoms with Gasteiger partial charge in [-0.05, 0) is 31.5 Å². The minimum absolute atomic E-state index is 0.148. The highest BCUT2D eigenvalue weighted by atomic mass is 35.5. The number of amides is 2. The Morgan fingerprint density at radius 1 is 1.03 bits per heavy atom. The molecular weight excluding hydrogens is 430 g/mol. The maximum atomic E-state index is 12.9. The number of halogens is 1. The van der Waals surface area contributed by atoms with Crippen molar-refractivity contribution in [3.63, 3.8) is 0 Å². The summed E-state index contributed by atoms with van der Waals surface area (Å²) in [5.41, 5.74) is 1.77. The third kappa shape index (κ3) is 7.26. The number of aromatic nitrogens is 1. The molecule has 0 aliphatic rings. The molecule has 0 spiro atoms. The second-order valence-electron chi connectivity index (χ2n) is 8.03. The number of H-pyrrole nitrogens is 1. The van der Waals surface area contributed by atoms with Crippen molar-refractivity contribution in [2.24, 2.45) is 0 Å². The van der Waals surface area contributed by atoms with Crippen LogP contribution in [0.15, 0.2) is 23.0 Å². The molecular formula is C24H34ClN3O4. The molecule has 0 saturated carbocycles. The van der Waals surface area contributed by atoms with Crippen LogP contribution in [0.1, 0.15) is 88.4 Å². The van der Waals surface area contributed by atoms with Gasteiger partial charge in [0, 0.05) is 23.4 Å². The summed E-state index contributed by atoms with van der Waals surface area (Å²) in [6, 6.07) is 4.60. The Bertz CT molecular complexity index is 974. The topological polar surface area (TPSA) is 102 Å². The molecule has 0 unspecified atom stereocenters. The summed E-state index contributed by atoms with van der Waals surface area (Å²) in [7, 11) is 0. The molecule has 32 heavy (non-hydrogen) atoms. The lowest BCUT2D eigenvalue weighted by Crippen LogP contribution is -2.47. The molecule has 2 aromatic rings. The van der Waals surface area contributed by atoms with Crippen LogP contribution in [0.25, 0.3) is 10.9 Å². The summed E-state index contributed by atoms with van der Waals surface area (Å²) >= 11 is 5.97. The normalized spacial score (nSPS) is 11.0. The average Bonchev–Trinajstić information content (AvgIpc) is 2.76. The van der Waals surface area contributed by atoms with Crippen LogP contribution in [-0.2, 0) is 4.79 Å². The first-order chi connectivity index (χ1) is 15.4. The van der Waals surface area contributed by atoms with E-state index in [-0.39, 0.29) is 17.8 Å². The van der Waals surface area contributed by atoms with Crippen molar-refractivity contribution in [1.82, 2.24) is 15.4 Å². The number of pyridine rings is 1. The zero-order valence-corrected chi connectivity index (χ0v) is 19.8. The van der Waals surface area contributed by atoms with Gasteiger partial charge in [0.25, 0.3) is 11.5 Å². The first-order valence-corrected chi connectivity index (χ1v) is 11.9. The Labute approximate surface area is 194 Å². The van der Waals surface area contributed by atoms with Crippen molar-refractivity contribution in [1.29, 1.82) is 0 Å². The third-order valence-corrected chi connectivity index (χ3v) is 5.73. The maximum Gasteiger partial charge on any atom is 0.281 e. The van der Waals surface area contributed by atoms with Gasteiger partial charge in [0.15, 0.2) is 0 Å². The fourth-order valence-electron chi connectivity index (χ4n) is 3.66. The number of carbonyl (C=O) groups excluding carboxylic acids is 2. The minimum atomic E-state index is -0.770. The van der Waals surface area contributed by atoms with E-state index in [0.29, 0.717) is 17.0 Å². The molecule has 0 saturated heterocycles. The number of hydrazine groups is 1. The van der Waals surface area contributed by atoms with E-state index in [1.54, 1.807) is 19.1 Å². The van der Waals surface area contributed by atoms with Crippen LogP contribution < -0.4 is 11.0 Å². The van der Waals surface area contributed by atoms with Crippen LogP contribution in [0.4, 0.5) is 0 Å². The number of benzene rings is 1. The predicted molar refractivity (Wildman–Crippen MR) is 128 cm³/mol. The molecule has 176 valence electrons. The molecule has 3 N–H and O–H groups in total. The number of nitrogens with zero attached hydrogens (tertiary/aromatic N) is 1. The van der Waals surface area contributed by atoms with Crippen LogP contribution in [0.3, 0.4) is 0 Å². The highest BCUT2D eigenvalue weighted by Crippen LogP contribution is 2.28. The summed E-state index contributed by atoms with van der Waals surface area (Å²) in [6.07, 6.45) is 10.6. The smallest absolute Gasteiger partial charge is 0.281 e. The van der Waals surface area contributed by atoms with Crippen molar-refractivity contribution in [3.05, 3.63) is 39.1 Å². The van der Waals surface area contributed by atoms with Crippen LogP contribution in [0, 0.1) is 0 Å². The Kier molecular flexibility index (Phi) is 10.5. The summed E-state index contributed by atoms with van der Waals surface area (Å²) in [6.45, 7) is 4.03. The average molecular weight is 464 g/mol. The third-order valence-electron chi connectivity index (χ3n) is 5.49. The summed E-state index contributed by atoms with van der Waals surface area (Å²) in [5.74, 6) is -1.51. The van der Waals surface area contributed by atoms with Gasteiger partial charge in [0.05, 0.1) is 5.52 Å². The van der Waals surface area contributed by atoms with E-state index in [9.17, 15) is 19.5 Å². The minimum Gasteiger partial charge on any atom is -0.506 e. The number of carbonyl (C=O) groups is 2. The number of hydrogen-bond donors (Lipinski definition) is 3. The van der Waals surface area contributed by atoms with Gasteiger partial charge in [-0.2, -0.15) is 0 Å². The van der Waals surface area contributed by atoms with Gasteiger partial charge in [-0.3, -0.25) is 19.8 Å². The SMILES string of the molecule is CCCCCCCCCCCC(=O)NN(CC)C(=O)c1c(O)c2cc(Cl)ccc2[nH]c1=O. The van der Waals surface area contributed by atoms with Crippen LogP contribution >= 0.6 is 11.6 Å². The molecule has 0 bridgehead atoms. The summed E-state index contributed by atoms with van der Waals surface area (Å²) in [5, 5.41) is 12.2. The molecule has 0 radical (unpaired) electrons. The van der Waals surface area contributed by atoms with Crippen LogP contribution in [0.2, 0.25) is 5.02 Å². The molecule has 0 aliphatic heterocycles. The lowest BCUT2D eigenvalue weighted by molar-refractivity contribution is -0.125. The highest BCUT2D eigenvalue weighted by Gasteiger charge is 2.25. The van der Waals surface area contributed by atoms with Gasteiger partial charge >= 0.3 is 0 Å². The van der Waals surface area contributed by atoms with Crippen molar-refractivity contribution in [2.75, 3.05) is 6.54 Å². The lowest BCUT2D eigenvalue weighted by atomic mass is 10.1. The second-order valence-corrected chi connectivity index (χ2v) is 8.47. The zero-order chi connectivity index (χ0) is 23.5. The lowest BCUT2D eigenvalue weighted by Gasteiger charge is -2.22. The van der Waals surface area contributed by atoms with E-state index < -0.39 is 22.8 Å². The van der Waals surface area contributed by atoms with E-state index in [0.717, 1.165) is 24.3 Å². The Hall–Kier alpha value is -2.54. The number of aromatic amines is 1. The van der Waals surface area contributed by atoms with Crippen molar-refractivity contribution in [3.8, 4) is 5.75 Å². The van der Waals surface area contributed by atoms with E-state index in [1.807, 2.05) is 0 Å². The van der Waals surface area contributed by atoms with E-state index in [1.165, 1.54) is 44.6 Å². The molecule has 2 amide bonds. The monoisotopic (exact) mass is 463 g/mol. The number of rotatable bonds is 12. The zero-order valence-electron chi connectivity index (χ0n) is 19.0. The van der Waals surface area contributed by atoms with Gasteiger partial charge in [0.1, 0.15) is 11.3 Å². The molecule has 7 nitrogen and oxygen atoms in total. The van der Waals surface area contributed by atoms with E-state index in [4.69, 9.17) is 11.6 Å². The fraction of sp³-hybridized carbons (Fsp3) is 0.542. The largest absolute Gasteiger partial charge is 0.506 e. The fourth-order valence-corrected chi connectivity index (χ4v) is 3.83. The quantitative estimate of drug-likeness (QED) is 0.293. The first-order valence-electron chi connectivity index (χ1n) is 11.5. The molecule has 2 rings (SSSR count). The number of fused-ring (bicyclic) bond motifs is 1. The van der Waals surface area contributed by atoms with Crippen molar-refractivity contribution >= 4 is 34.3 Å². The summed E-state index contributed by atoms with van der Waals surface area (Å²) < 4.78 is 0. The van der Waals surface area contributed by atoms with Crippen molar-refractivity contribution in [2.45, 2.75) is 78.1 Å². The maximum absolute atomic E-state index is 12.9. The number of hydrogen-bond acceptors (Lipinski definition) is 4. The summed E-state index contributed by atoms with van der Waals surface area (Å²) in [4.78, 5) is 40.2. The standard InChI is InChI=1S/C24H34ClN3O4/c1-3-5-6-7-8-9-10-11-12-13-20(29)27-28(4-2)24(32)21-22(30)18-16-17(25)14-15-19(18)26-23(21)31/h14-16H,3-13H2,1-2H3,(H,27,29)(H2,26,30,31). The van der Waals surface area contributed by atoms with Gasteiger partial charge in [-0.15, -0.1) is 0 Å². The van der Waals surface area contributed by atoms with E-state index >= 15 is 0 Å². The van der Waals surface area contributed by atoms with Crippen LogP contribution in [-0.4, -0.2) is 33.5 Å². The molecule has 0 aliphatic carbocycles. The van der Waals surface area contributed by atoms with Gasteiger partial charge in [0.2, 0.25) is 5.91 Å². The van der Waals surface area contributed by atoms with Crippen LogP contribution in [0.5, 0.6) is 5.75 Å². The first kappa shape index (κ1) is 25.7. The Balaban J connectivity index is 1.90. The second kappa shape index (κ2) is 13.1. The van der Waals surface area contributed by atoms with Gasteiger partial charge < -0.3 is 10.1 Å². The molecule has 0 fully saturated rings. The molecule has 1 heterocycles. The Morgan fingerprint density at radius 3 is 2.28 bits per heavy atom. The predicted octanol–water partition coefficient (Wildman–Crippen LogP) is 5.30. The van der Waals surface area contributed by atoms with Gasteiger partial charge in [-0.1, -0.05) is 69.9 Å². The number of nitrogens with one attached hydrogen (secondary N) is 2. The molecule has 0 atom stereocenters. The number of unbranched alkanes of at least 4 members (excludes halogenated alkanes) is 8. The highest BCUT2D eigenvalue weighted by molar-refractivity contribution is 6.31. The molecule has 8 heteroatoms. The molecule has 1 aromatic heterocycles. The van der Waals surface area contributed by atoms with Crippen molar-refractivity contribution < 1.29 is 14.7 Å². The Morgan fingerprint density at radius 2 is 1.66 bits per heavy atom. The van der Waals surface area contributed by atoms with Gasteiger partial charge in [-0.25, -0.2) is 5.01 Å². The number of aromatic hydroxyl groups is 1.